The Morgan fingerprint density at radius 1 is 1.03 bits per heavy atom. The van der Waals surface area contributed by atoms with E-state index >= 15 is 0 Å². The van der Waals surface area contributed by atoms with E-state index in [1.54, 1.807) is 0 Å². The summed E-state index contributed by atoms with van der Waals surface area (Å²) in [6.07, 6.45) is 5.97. The van der Waals surface area contributed by atoms with Crippen molar-refractivity contribution in [2.45, 2.75) is 46.1 Å². The van der Waals surface area contributed by atoms with E-state index in [0.29, 0.717) is 5.82 Å². The number of halogens is 1. The number of hydrogen-bond acceptors (Lipinski definition) is 5. The van der Waals surface area contributed by atoms with E-state index in [-0.39, 0.29) is 0 Å². The smallest absolute Gasteiger partial charge is 0.222 e. The van der Waals surface area contributed by atoms with E-state index in [1.807, 2.05) is 21.5 Å². The van der Waals surface area contributed by atoms with Gasteiger partial charge in [-0.1, -0.05) is 26.0 Å². The van der Waals surface area contributed by atoms with Gasteiger partial charge in [-0.25, -0.2) is 9.67 Å². The Labute approximate surface area is 177 Å². The Morgan fingerprint density at radius 3 is 2.52 bits per heavy atom. The van der Waals surface area contributed by atoms with Gasteiger partial charge < -0.3 is 4.57 Å². The van der Waals surface area contributed by atoms with Crippen LogP contribution in [0.4, 0.5) is 0 Å². The Hall–Kier alpha value is -2.81. The predicted molar refractivity (Wildman–Crippen MR) is 114 cm³/mol. The molecule has 8 nitrogen and oxygen atoms in total. The average molecular weight is 455 g/mol. The molecule has 29 heavy (non-hydrogen) atoms. The fraction of sp³-hybridized carbons (Fsp3) is 0.350. The van der Waals surface area contributed by atoms with Crippen LogP contribution in [-0.2, 0) is 19.4 Å². The predicted octanol–water partition coefficient (Wildman–Crippen LogP) is 3.96. The second-order valence-corrected chi connectivity index (χ2v) is 7.74. The number of aryl methyl sites for hydroxylation is 2. The lowest BCUT2D eigenvalue weighted by atomic mass is 10.2. The summed E-state index contributed by atoms with van der Waals surface area (Å²) in [5, 5.41) is 19.1. The summed E-state index contributed by atoms with van der Waals surface area (Å²) >= 11 is 3.57. The van der Waals surface area contributed by atoms with Gasteiger partial charge in [0.1, 0.15) is 11.5 Å². The summed E-state index contributed by atoms with van der Waals surface area (Å²) in [5.74, 6) is 2.55. The molecule has 0 saturated carbocycles. The van der Waals surface area contributed by atoms with Crippen LogP contribution in [0.15, 0.2) is 41.0 Å². The van der Waals surface area contributed by atoms with Crippen LogP contribution in [0.1, 0.15) is 43.9 Å². The second kappa shape index (κ2) is 8.69. The molecule has 0 fully saturated rings. The number of hydrogen-bond donors (Lipinski definition) is 1. The quantitative estimate of drug-likeness (QED) is 0.434. The standard InChI is InChI=1S/C20H23BrN8/c1-3-5-17-22-18(6-4-2)29(25-17)13-14-7-9-15(10-8-14)28-12-11-16(21)19(28)20-23-26-27-24-20/h7-12H,3-6,13H2,1-2H3,(H,23,24,26,27). The minimum absolute atomic E-state index is 0.543. The number of aromatic amines is 1. The molecule has 1 N–H and O–H groups in total. The Bertz CT molecular complexity index is 1060. The molecule has 3 aromatic heterocycles. The Balaban J connectivity index is 1.59. The first kappa shape index (κ1) is 19.5. The van der Waals surface area contributed by atoms with Crippen molar-refractivity contribution in [2.24, 2.45) is 0 Å². The van der Waals surface area contributed by atoms with Crippen LogP contribution in [0, 0.1) is 0 Å². The van der Waals surface area contributed by atoms with Crippen LogP contribution >= 0.6 is 15.9 Å². The topological polar surface area (TPSA) is 90.1 Å². The van der Waals surface area contributed by atoms with E-state index < -0.39 is 0 Å². The van der Waals surface area contributed by atoms with E-state index in [2.05, 4.69) is 74.7 Å². The van der Waals surface area contributed by atoms with Gasteiger partial charge in [-0.2, -0.15) is 10.3 Å². The molecule has 0 atom stereocenters. The molecule has 0 bridgehead atoms. The number of benzene rings is 1. The molecule has 9 heteroatoms. The maximum atomic E-state index is 4.71. The summed E-state index contributed by atoms with van der Waals surface area (Å²) in [5.41, 5.74) is 3.07. The number of tetrazole rings is 1. The maximum absolute atomic E-state index is 4.71. The zero-order chi connectivity index (χ0) is 20.2. The monoisotopic (exact) mass is 454 g/mol. The first-order valence-electron chi connectivity index (χ1n) is 9.82. The molecule has 3 heterocycles. The lowest BCUT2D eigenvalue weighted by Crippen LogP contribution is -2.07. The van der Waals surface area contributed by atoms with Crippen molar-refractivity contribution in [3.63, 3.8) is 0 Å². The third kappa shape index (κ3) is 4.14. The molecule has 0 saturated heterocycles. The first-order chi connectivity index (χ1) is 14.2. The van der Waals surface area contributed by atoms with E-state index in [4.69, 9.17) is 10.1 Å². The molecule has 0 unspecified atom stereocenters. The molecule has 0 radical (unpaired) electrons. The summed E-state index contributed by atoms with van der Waals surface area (Å²) in [6, 6.07) is 10.4. The van der Waals surface area contributed by atoms with Gasteiger partial charge in [0.25, 0.3) is 0 Å². The highest BCUT2D eigenvalue weighted by molar-refractivity contribution is 9.10. The van der Waals surface area contributed by atoms with Crippen LogP contribution in [0.2, 0.25) is 0 Å². The molecule has 0 amide bonds. The number of nitrogens with one attached hydrogen (secondary N) is 1. The van der Waals surface area contributed by atoms with Crippen molar-refractivity contribution in [1.29, 1.82) is 0 Å². The molecular weight excluding hydrogens is 432 g/mol. The highest BCUT2D eigenvalue weighted by Crippen LogP contribution is 2.29. The van der Waals surface area contributed by atoms with E-state index in [9.17, 15) is 0 Å². The van der Waals surface area contributed by atoms with Crippen molar-refractivity contribution in [3.8, 4) is 17.2 Å². The van der Waals surface area contributed by atoms with Gasteiger partial charge in [0, 0.05) is 29.2 Å². The fourth-order valence-corrected chi connectivity index (χ4v) is 3.81. The Morgan fingerprint density at radius 2 is 1.83 bits per heavy atom. The number of rotatable bonds is 8. The van der Waals surface area contributed by atoms with Crippen LogP contribution in [0.3, 0.4) is 0 Å². The maximum Gasteiger partial charge on any atom is 0.222 e. The van der Waals surface area contributed by atoms with Gasteiger partial charge in [-0.15, -0.1) is 10.2 Å². The minimum Gasteiger partial charge on any atom is -0.313 e. The van der Waals surface area contributed by atoms with E-state index in [1.165, 1.54) is 5.56 Å². The summed E-state index contributed by atoms with van der Waals surface area (Å²) < 4.78 is 4.99. The largest absolute Gasteiger partial charge is 0.313 e. The zero-order valence-corrected chi connectivity index (χ0v) is 18.1. The van der Waals surface area contributed by atoms with Crippen LogP contribution in [0.5, 0.6) is 0 Å². The molecule has 4 aromatic rings. The third-order valence-electron chi connectivity index (χ3n) is 4.68. The summed E-state index contributed by atoms with van der Waals surface area (Å²) in [4.78, 5) is 4.71. The van der Waals surface area contributed by atoms with Gasteiger partial charge in [-0.05, 0) is 57.7 Å². The SMILES string of the molecule is CCCc1nc(CCC)n(Cc2ccc(-n3ccc(Br)c3-c3nn[nH]n3)cc2)n1. The van der Waals surface area contributed by atoms with Crippen molar-refractivity contribution in [2.75, 3.05) is 0 Å². The number of aromatic nitrogens is 8. The Kier molecular flexibility index (Phi) is 5.84. The van der Waals surface area contributed by atoms with Crippen molar-refractivity contribution >= 4 is 15.9 Å². The van der Waals surface area contributed by atoms with Gasteiger partial charge >= 0.3 is 0 Å². The molecule has 0 spiro atoms. The highest BCUT2D eigenvalue weighted by atomic mass is 79.9. The van der Waals surface area contributed by atoms with Crippen molar-refractivity contribution in [1.82, 2.24) is 40.0 Å². The molecule has 0 aliphatic heterocycles. The van der Waals surface area contributed by atoms with Crippen molar-refractivity contribution < 1.29 is 0 Å². The summed E-state index contributed by atoms with van der Waals surface area (Å²) in [7, 11) is 0. The number of nitrogens with zero attached hydrogens (tertiary/aromatic N) is 7. The average Bonchev–Trinajstić information content (AvgIpc) is 3.44. The molecule has 1 aromatic carbocycles. The minimum atomic E-state index is 0.543. The lowest BCUT2D eigenvalue weighted by Gasteiger charge is -2.10. The molecule has 0 aliphatic rings. The molecule has 150 valence electrons. The van der Waals surface area contributed by atoms with Gasteiger partial charge in [0.15, 0.2) is 5.82 Å². The van der Waals surface area contributed by atoms with Crippen molar-refractivity contribution in [3.05, 3.63) is 58.2 Å². The van der Waals surface area contributed by atoms with Gasteiger partial charge in [0.2, 0.25) is 5.82 Å². The molecule has 0 aliphatic carbocycles. The molecular formula is C20H23BrN8. The van der Waals surface area contributed by atoms with Gasteiger partial charge in [-0.3, -0.25) is 0 Å². The normalized spacial score (nSPS) is 11.3. The first-order valence-corrected chi connectivity index (χ1v) is 10.6. The summed E-state index contributed by atoms with van der Waals surface area (Å²) in [6.45, 7) is 5.05. The lowest BCUT2D eigenvalue weighted by molar-refractivity contribution is 0.623. The fourth-order valence-electron chi connectivity index (χ4n) is 3.33. The highest BCUT2D eigenvalue weighted by Gasteiger charge is 2.15. The third-order valence-corrected chi connectivity index (χ3v) is 5.32. The van der Waals surface area contributed by atoms with Gasteiger partial charge in [0.05, 0.1) is 6.54 Å². The van der Waals surface area contributed by atoms with Crippen LogP contribution in [-0.4, -0.2) is 40.0 Å². The van der Waals surface area contributed by atoms with Crippen LogP contribution < -0.4 is 0 Å². The van der Waals surface area contributed by atoms with Crippen LogP contribution in [0.25, 0.3) is 17.2 Å². The zero-order valence-electron chi connectivity index (χ0n) is 16.5. The number of H-pyrrole nitrogens is 1. The second-order valence-electron chi connectivity index (χ2n) is 6.89. The van der Waals surface area contributed by atoms with E-state index in [0.717, 1.165) is 59.7 Å². The molecule has 4 rings (SSSR count).